The van der Waals surface area contributed by atoms with Crippen molar-refractivity contribution in [2.75, 3.05) is 12.9 Å². The van der Waals surface area contributed by atoms with Gasteiger partial charge >= 0.3 is 5.97 Å². The average molecular weight is 228 g/mol. The number of rotatable bonds is 4. The first kappa shape index (κ1) is 12.0. The van der Waals surface area contributed by atoms with E-state index in [2.05, 4.69) is 4.74 Å². The Balaban J connectivity index is 2.50. The molecular weight excluding hydrogens is 215 g/mol. The van der Waals surface area contributed by atoms with E-state index in [9.17, 15) is 9.18 Å². The minimum absolute atomic E-state index is 0.223. The van der Waals surface area contributed by atoms with Crippen LogP contribution in [0.25, 0.3) is 0 Å². The van der Waals surface area contributed by atoms with Crippen LogP contribution in [0.4, 0.5) is 4.39 Å². The molecule has 0 amide bonds. The van der Waals surface area contributed by atoms with Gasteiger partial charge in [-0.25, -0.2) is 4.39 Å². The number of hydrogen-bond donors (Lipinski definition) is 0. The molecule has 1 unspecified atom stereocenters. The highest BCUT2D eigenvalue weighted by Crippen LogP contribution is 2.23. The van der Waals surface area contributed by atoms with Crippen molar-refractivity contribution >= 4 is 17.7 Å². The number of carbonyl (C=O) groups is 1. The van der Waals surface area contributed by atoms with E-state index in [0.717, 1.165) is 0 Å². The lowest BCUT2D eigenvalue weighted by Crippen LogP contribution is -2.14. The van der Waals surface area contributed by atoms with Crippen molar-refractivity contribution in [1.82, 2.24) is 0 Å². The molecule has 0 aliphatic heterocycles. The Morgan fingerprint density at radius 1 is 1.53 bits per heavy atom. The van der Waals surface area contributed by atoms with Crippen LogP contribution in [-0.4, -0.2) is 18.8 Å². The molecule has 0 spiro atoms. The van der Waals surface area contributed by atoms with Gasteiger partial charge in [-0.05, 0) is 12.1 Å². The molecule has 0 fully saturated rings. The second-order valence-electron chi connectivity index (χ2n) is 3.17. The Kier molecular flexibility index (Phi) is 4.62. The van der Waals surface area contributed by atoms with Crippen molar-refractivity contribution in [3.8, 4) is 0 Å². The van der Waals surface area contributed by atoms with Gasteiger partial charge in [0.15, 0.2) is 0 Å². The van der Waals surface area contributed by atoms with Crippen molar-refractivity contribution in [2.45, 2.75) is 11.8 Å². The Hall–Kier alpha value is -1.03. The number of benzene rings is 1. The number of hydrogen-bond acceptors (Lipinski definition) is 3. The van der Waals surface area contributed by atoms with Crippen LogP contribution in [0.1, 0.15) is 6.92 Å². The molecule has 0 aromatic heterocycles. The molecular formula is C11H13FO2S. The molecule has 0 bridgehead atoms. The Bertz CT molecular complexity index is 341. The first-order valence-electron chi connectivity index (χ1n) is 4.60. The van der Waals surface area contributed by atoms with Crippen LogP contribution < -0.4 is 0 Å². The van der Waals surface area contributed by atoms with Gasteiger partial charge in [0.2, 0.25) is 0 Å². The molecule has 1 rings (SSSR count). The Morgan fingerprint density at radius 3 is 2.80 bits per heavy atom. The van der Waals surface area contributed by atoms with Gasteiger partial charge in [-0.1, -0.05) is 19.1 Å². The predicted molar refractivity (Wildman–Crippen MR) is 58.3 cm³/mol. The van der Waals surface area contributed by atoms with E-state index in [-0.39, 0.29) is 17.7 Å². The lowest BCUT2D eigenvalue weighted by Gasteiger charge is -2.08. The van der Waals surface area contributed by atoms with Gasteiger partial charge in [-0.3, -0.25) is 4.79 Å². The highest BCUT2D eigenvalue weighted by atomic mass is 32.2. The summed E-state index contributed by atoms with van der Waals surface area (Å²) in [6.07, 6.45) is 0. The summed E-state index contributed by atoms with van der Waals surface area (Å²) in [6.45, 7) is 1.76. The molecule has 1 aromatic carbocycles. The summed E-state index contributed by atoms with van der Waals surface area (Å²) in [5, 5.41) is 0. The van der Waals surface area contributed by atoms with Crippen molar-refractivity contribution < 1.29 is 13.9 Å². The van der Waals surface area contributed by atoms with Crippen molar-refractivity contribution in [3.63, 3.8) is 0 Å². The van der Waals surface area contributed by atoms with Gasteiger partial charge < -0.3 is 4.74 Å². The van der Waals surface area contributed by atoms with E-state index in [0.29, 0.717) is 10.6 Å². The smallest absolute Gasteiger partial charge is 0.309 e. The quantitative estimate of drug-likeness (QED) is 0.585. The lowest BCUT2D eigenvalue weighted by atomic mass is 10.2. The van der Waals surface area contributed by atoms with Crippen LogP contribution in [0.5, 0.6) is 0 Å². The van der Waals surface area contributed by atoms with E-state index in [1.807, 2.05) is 0 Å². The predicted octanol–water partition coefficient (Wildman–Crippen LogP) is 2.73. The van der Waals surface area contributed by atoms with Crippen molar-refractivity contribution in [3.05, 3.63) is 30.1 Å². The van der Waals surface area contributed by atoms with Gasteiger partial charge in [0.05, 0.1) is 13.0 Å². The highest BCUT2D eigenvalue weighted by molar-refractivity contribution is 7.99. The normalized spacial score (nSPS) is 12.2. The van der Waals surface area contributed by atoms with E-state index in [1.165, 1.54) is 24.9 Å². The number of methoxy groups -OCH3 is 1. The van der Waals surface area contributed by atoms with Gasteiger partial charge in [0.1, 0.15) is 5.82 Å². The van der Waals surface area contributed by atoms with Crippen LogP contribution in [0, 0.1) is 11.7 Å². The summed E-state index contributed by atoms with van der Waals surface area (Å²) in [7, 11) is 1.35. The fourth-order valence-electron chi connectivity index (χ4n) is 1.05. The summed E-state index contributed by atoms with van der Waals surface area (Å²) in [6, 6.07) is 6.52. The monoisotopic (exact) mass is 228 g/mol. The lowest BCUT2D eigenvalue weighted by molar-refractivity contribution is -0.143. The number of halogens is 1. The summed E-state index contributed by atoms with van der Waals surface area (Å²) >= 11 is 1.32. The fraction of sp³-hybridized carbons (Fsp3) is 0.364. The van der Waals surface area contributed by atoms with Gasteiger partial charge in [0.25, 0.3) is 0 Å². The second-order valence-corrected chi connectivity index (χ2v) is 4.23. The summed E-state index contributed by atoms with van der Waals surface area (Å²) in [5.41, 5.74) is 0. The first-order chi connectivity index (χ1) is 7.15. The molecule has 0 N–H and O–H groups in total. The van der Waals surface area contributed by atoms with E-state index < -0.39 is 0 Å². The number of esters is 1. The molecule has 1 aromatic rings. The zero-order valence-corrected chi connectivity index (χ0v) is 9.51. The van der Waals surface area contributed by atoms with Crippen LogP contribution in [0.3, 0.4) is 0 Å². The van der Waals surface area contributed by atoms with Crippen LogP contribution in [0.2, 0.25) is 0 Å². The van der Waals surface area contributed by atoms with E-state index in [1.54, 1.807) is 25.1 Å². The summed E-state index contributed by atoms with van der Waals surface area (Å²) in [4.78, 5) is 11.7. The third-order valence-electron chi connectivity index (χ3n) is 1.93. The maximum Gasteiger partial charge on any atom is 0.309 e. The number of carbonyl (C=O) groups excluding carboxylic acids is 1. The third kappa shape index (κ3) is 3.55. The Labute approximate surface area is 92.8 Å². The van der Waals surface area contributed by atoms with Gasteiger partial charge in [0, 0.05) is 10.6 Å². The molecule has 2 nitrogen and oxygen atoms in total. The molecule has 82 valence electrons. The molecule has 0 radical (unpaired) electrons. The zero-order valence-electron chi connectivity index (χ0n) is 8.70. The Morgan fingerprint density at radius 2 is 2.20 bits per heavy atom. The third-order valence-corrected chi connectivity index (χ3v) is 3.24. The van der Waals surface area contributed by atoms with Gasteiger partial charge in [-0.2, -0.15) is 0 Å². The molecule has 0 aliphatic carbocycles. The van der Waals surface area contributed by atoms with Crippen LogP contribution in [-0.2, 0) is 9.53 Å². The molecule has 0 aliphatic rings. The number of ether oxygens (including phenoxy) is 1. The second kappa shape index (κ2) is 5.75. The van der Waals surface area contributed by atoms with Crippen molar-refractivity contribution in [2.24, 2.45) is 5.92 Å². The van der Waals surface area contributed by atoms with Gasteiger partial charge in [-0.15, -0.1) is 11.8 Å². The summed E-state index contributed by atoms with van der Waals surface area (Å²) < 4.78 is 17.8. The zero-order chi connectivity index (χ0) is 11.3. The molecule has 4 heteroatoms. The first-order valence-corrected chi connectivity index (χ1v) is 5.59. The van der Waals surface area contributed by atoms with E-state index >= 15 is 0 Å². The molecule has 0 saturated carbocycles. The molecule has 0 saturated heterocycles. The molecule has 0 heterocycles. The average Bonchev–Trinajstić information content (AvgIpc) is 2.26. The maximum atomic E-state index is 13.2. The minimum atomic E-state index is -0.265. The van der Waals surface area contributed by atoms with E-state index in [4.69, 9.17) is 0 Å². The molecule has 1 atom stereocenters. The number of thioether (sulfide) groups is 1. The highest BCUT2D eigenvalue weighted by Gasteiger charge is 2.14. The SMILES string of the molecule is COC(=O)C(C)CSc1ccccc1F. The maximum absolute atomic E-state index is 13.2. The molecule has 15 heavy (non-hydrogen) atoms. The minimum Gasteiger partial charge on any atom is -0.469 e. The largest absolute Gasteiger partial charge is 0.469 e. The standard InChI is InChI=1S/C11H13FO2S/c1-8(11(13)14-2)7-15-10-6-4-3-5-9(10)12/h3-6,8H,7H2,1-2H3. The summed E-state index contributed by atoms with van der Waals surface area (Å²) in [5.74, 6) is -0.217. The fourth-order valence-corrected chi connectivity index (χ4v) is 1.99. The van der Waals surface area contributed by atoms with Crippen molar-refractivity contribution in [1.29, 1.82) is 0 Å². The topological polar surface area (TPSA) is 26.3 Å². The van der Waals surface area contributed by atoms with Crippen LogP contribution >= 0.6 is 11.8 Å². The van der Waals surface area contributed by atoms with Crippen LogP contribution in [0.15, 0.2) is 29.2 Å².